The van der Waals surface area contributed by atoms with E-state index in [1.54, 1.807) is 0 Å². The molecule has 0 amide bonds. The van der Waals surface area contributed by atoms with Gasteiger partial charge in [0.05, 0.1) is 10.7 Å². The lowest BCUT2D eigenvalue weighted by molar-refractivity contribution is -0.119. The summed E-state index contributed by atoms with van der Waals surface area (Å²) in [5.41, 5.74) is 0.287. The molecule has 0 spiro atoms. The fraction of sp³-hybridized carbons (Fsp3) is 0.444. The van der Waals surface area contributed by atoms with E-state index in [9.17, 15) is 13.2 Å². The summed E-state index contributed by atoms with van der Waals surface area (Å²) in [7, 11) is 0. The molecule has 0 radical (unpaired) electrons. The fourth-order valence-corrected chi connectivity index (χ4v) is 1.67. The molecule has 1 aromatic rings. The van der Waals surface area contributed by atoms with Crippen LogP contribution in [0.2, 0.25) is 5.02 Å². The summed E-state index contributed by atoms with van der Waals surface area (Å²) >= 11 is 11.2. The summed E-state index contributed by atoms with van der Waals surface area (Å²) < 4.78 is 36.9. The van der Waals surface area contributed by atoms with Crippen molar-refractivity contribution >= 4 is 28.9 Å². The first-order chi connectivity index (χ1) is 7.44. The van der Waals surface area contributed by atoms with Crippen molar-refractivity contribution in [2.24, 2.45) is 0 Å². The van der Waals surface area contributed by atoms with Gasteiger partial charge in [0.15, 0.2) is 0 Å². The highest BCUT2D eigenvalue weighted by atomic mass is 35.5. The number of pyridine rings is 1. The number of nitrogens with zero attached hydrogens (tertiary/aromatic N) is 2. The standard InChI is InChI=1S/C9H9Cl2F3N2/c10-2-4-16(6-9(12,13)14)8-1-3-15-5-7(8)11/h1,3,5H,2,4,6H2. The van der Waals surface area contributed by atoms with Crippen molar-refractivity contribution in [1.82, 2.24) is 4.98 Å². The summed E-state index contributed by atoms with van der Waals surface area (Å²) in [6.07, 6.45) is -1.61. The van der Waals surface area contributed by atoms with Gasteiger partial charge in [-0.1, -0.05) is 11.6 Å². The monoisotopic (exact) mass is 272 g/mol. The molecule has 0 bridgehead atoms. The zero-order chi connectivity index (χ0) is 12.2. The third kappa shape index (κ3) is 4.06. The smallest absolute Gasteiger partial charge is 0.360 e. The van der Waals surface area contributed by atoms with Crippen molar-refractivity contribution in [2.45, 2.75) is 6.18 Å². The predicted octanol–water partition coefficient (Wildman–Crippen LogP) is 3.34. The summed E-state index contributed by atoms with van der Waals surface area (Å²) in [4.78, 5) is 4.79. The predicted molar refractivity (Wildman–Crippen MR) is 58.2 cm³/mol. The summed E-state index contributed by atoms with van der Waals surface area (Å²) in [6, 6.07) is 1.43. The van der Waals surface area contributed by atoms with Crippen LogP contribution in [0.25, 0.3) is 0 Å². The van der Waals surface area contributed by atoms with Crippen molar-refractivity contribution in [2.75, 3.05) is 23.9 Å². The minimum atomic E-state index is -4.29. The van der Waals surface area contributed by atoms with Gasteiger partial charge < -0.3 is 4.90 Å². The average molecular weight is 273 g/mol. The molecule has 1 heterocycles. The van der Waals surface area contributed by atoms with E-state index in [2.05, 4.69) is 4.98 Å². The number of hydrogen-bond donors (Lipinski definition) is 0. The molecule has 7 heteroatoms. The van der Waals surface area contributed by atoms with E-state index in [1.807, 2.05) is 0 Å². The first kappa shape index (κ1) is 13.4. The zero-order valence-corrected chi connectivity index (χ0v) is 9.65. The maximum Gasteiger partial charge on any atom is 0.405 e. The minimum Gasteiger partial charge on any atom is -0.360 e. The van der Waals surface area contributed by atoms with Crippen LogP contribution in [0.4, 0.5) is 18.9 Å². The Bertz CT molecular complexity index is 344. The van der Waals surface area contributed by atoms with E-state index in [1.165, 1.54) is 18.5 Å². The minimum absolute atomic E-state index is 0.0742. The molecule has 0 aliphatic rings. The third-order valence-corrected chi connectivity index (χ3v) is 2.28. The molecule has 0 N–H and O–H groups in total. The Morgan fingerprint density at radius 1 is 1.38 bits per heavy atom. The van der Waals surface area contributed by atoms with Crippen LogP contribution >= 0.6 is 23.2 Å². The first-order valence-corrected chi connectivity index (χ1v) is 5.32. The Labute approximate surface area is 101 Å². The van der Waals surface area contributed by atoms with Gasteiger partial charge in [-0.05, 0) is 6.07 Å². The van der Waals surface area contributed by atoms with E-state index in [0.29, 0.717) is 0 Å². The van der Waals surface area contributed by atoms with Gasteiger partial charge in [0.25, 0.3) is 0 Å². The van der Waals surface area contributed by atoms with E-state index in [4.69, 9.17) is 23.2 Å². The Kier molecular flexibility index (Phi) is 4.68. The largest absolute Gasteiger partial charge is 0.405 e. The van der Waals surface area contributed by atoms with Gasteiger partial charge in [0, 0.05) is 24.8 Å². The van der Waals surface area contributed by atoms with Crippen LogP contribution in [0, 0.1) is 0 Å². The third-order valence-electron chi connectivity index (χ3n) is 1.82. The Morgan fingerprint density at radius 3 is 2.56 bits per heavy atom. The van der Waals surface area contributed by atoms with E-state index >= 15 is 0 Å². The van der Waals surface area contributed by atoms with Gasteiger partial charge in [0.1, 0.15) is 6.54 Å². The highest BCUT2D eigenvalue weighted by Crippen LogP contribution is 2.27. The molecule has 1 rings (SSSR count). The van der Waals surface area contributed by atoms with Gasteiger partial charge >= 0.3 is 6.18 Å². The number of rotatable bonds is 4. The molecule has 2 nitrogen and oxygen atoms in total. The number of hydrogen-bond acceptors (Lipinski definition) is 2. The van der Waals surface area contributed by atoms with Crippen LogP contribution in [0.1, 0.15) is 0 Å². The molecule has 0 saturated carbocycles. The summed E-state index contributed by atoms with van der Waals surface area (Å²) in [5.74, 6) is 0.0920. The lowest BCUT2D eigenvalue weighted by Gasteiger charge is -2.25. The molecule has 16 heavy (non-hydrogen) atoms. The number of alkyl halides is 4. The molecule has 0 unspecified atom stereocenters. The normalized spacial score (nSPS) is 11.6. The lowest BCUT2D eigenvalue weighted by Crippen LogP contribution is -2.35. The number of aromatic nitrogens is 1. The van der Waals surface area contributed by atoms with Crippen molar-refractivity contribution < 1.29 is 13.2 Å². The molecule has 0 aliphatic heterocycles. The first-order valence-electron chi connectivity index (χ1n) is 4.41. The zero-order valence-electron chi connectivity index (χ0n) is 8.14. The summed E-state index contributed by atoms with van der Waals surface area (Å²) in [6.45, 7) is -1.01. The Morgan fingerprint density at radius 2 is 2.06 bits per heavy atom. The van der Waals surface area contributed by atoms with Crippen molar-refractivity contribution in [3.63, 3.8) is 0 Å². The highest BCUT2D eigenvalue weighted by Gasteiger charge is 2.31. The summed E-state index contributed by atoms with van der Waals surface area (Å²) in [5, 5.41) is 0.178. The van der Waals surface area contributed by atoms with Gasteiger partial charge in [-0.15, -0.1) is 11.6 Å². The number of halogens is 5. The molecule has 0 atom stereocenters. The topological polar surface area (TPSA) is 16.1 Å². The maximum atomic E-state index is 12.3. The van der Waals surface area contributed by atoms with Crippen LogP contribution in [-0.4, -0.2) is 30.1 Å². The van der Waals surface area contributed by atoms with Crippen LogP contribution in [0.3, 0.4) is 0 Å². The van der Waals surface area contributed by atoms with Gasteiger partial charge in [-0.2, -0.15) is 13.2 Å². The van der Waals surface area contributed by atoms with Crippen LogP contribution in [0.5, 0.6) is 0 Å². The second kappa shape index (κ2) is 5.59. The van der Waals surface area contributed by atoms with E-state index in [0.717, 1.165) is 4.90 Å². The van der Waals surface area contributed by atoms with Crippen LogP contribution in [-0.2, 0) is 0 Å². The van der Waals surface area contributed by atoms with Gasteiger partial charge in [-0.25, -0.2) is 0 Å². The number of anilines is 1. The fourth-order valence-electron chi connectivity index (χ4n) is 1.23. The van der Waals surface area contributed by atoms with Gasteiger partial charge in [0.2, 0.25) is 0 Å². The lowest BCUT2D eigenvalue weighted by atomic mass is 10.3. The SMILES string of the molecule is FC(F)(F)CN(CCCl)c1ccncc1Cl. The van der Waals surface area contributed by atoms with E-state index < -0.39 is 12.7 Å². The van der Waals surface area contributed by atoms with Crippen LogP contribution < -0.4 is 4.90 Å². The van der Waals surface area contributed by atoms with Crippen molar-refractivity contribution in [3.05, 3.63) is 23.5 Å². The second-order valence-electron chi connectivity index (χ2n) is 3.05. The maximum absolute atomic E-state index is 12.3. The molecular formula is C9H9Cl2F3N2. The molecule has 1 aromatic heterocycles. The molecule has 0 saturated heterocycles. The Balaban J connectivity index is 2.89. The van der Waals surface area contributed by atoms with Crippen LogP contribution in [0.15, 0.2) is 18.5 Å². The molecule has 0 aromatic carbocycles. The molecule has 90 valence electrons. The average Bonchev–Trinajstić information content (AvgIpc) is 2.16. The molecule has 0 fully saturated rings. The van der Waals surface area contributed by atoms with Crippen molar-refractivity contribution in [1.29, 1.82) is 0 Å². The molecular weight excluding hydrogens is 264 g/mol. The highest BCUT2D eigenvalue weighted by molar-refractivity contribution is 6.33. The molecule has 0 aliphatic carbocycles. The van der Waals surface area contributed by atoms with E-state index in [-0.39, 0.29) is 23.1 Å². The van der Waals surface area contributed by atoms with Crippen molar-refractivity contribution in [3.8, 4) is 0 Å². The van der Waals surface area contributed by atoms with Gasteiger partial charge in [-0.3, -0.25) is 4.98 Å². The second-order valence-corrected chi connectivity index (χ2v) is 3.84. The Hall–Kier alpha value is -0.680. The quantitative estimate of drug-likeness (QED) is 0.782.